The molecule has 2 aliphatic rings. The Morgan fingerprint density at radius 1 is 0.900 bits per heavy atom. The van der Waals surface area contributed by atoms with Crippen molar-refractivity contribution in [2.45, 2.75) is 39.7 Å². The van der Waals surface area contributed by atoms with Crippen molar-refractivity contribution in [3.05, 3.63) is 89.8 Å². The van der Waals surface area contributed by atoms with E-state index in [1.165, 1.54) is 22.4 Å². The van der Waals surface area contributed by atoms with Crippen molar-refractivity contribution in [2.75, 3.05) is 0 Å². The summed E-state index contributed by atoms with van der Waals surface area (Å²) in [4.78, 5) is 4.73. The number of benzene rings is 2. The van der Waals surface area contributed by atoms with Crippen LogP contribution in [0.5, 0.6) is 5.75 Å². The van der Waals surface area contributed by atoms with Crippen LogP contribution in [-0.4, -0.2) is 15.7 Å². The Bertz CT molecular complexity index is 1130. The highest BCUT2D eigenvalue weighted by Gasteiger charge is 2.42. The van der Waals surface area contributed by atoms with Gasteiger partial charge in [-0.05, 0) is 29.0 Å². The second-order valence-electron chi connectivity index (χ2n) is 8.82. The molecule has 2 heterocycles. The highest BCUT2D eigenvalue weighted by molar-refractivity contribution is 5.77. The molecular weight excluding hydrogens is 368 g/mol. The molecule has 1 aliphatic carbocycles. The van der Waals surface area contributed by atoms with Gasteiger partial charge in [-0.25, -0.2) is 4.98 Å². The molecule has 0 saturated heterocycles. The van der Waals surface area contributed by atoms with Gasteiger partial charge in [-0.1, -0.05) is 82.3 Å². The molecule has 0 radical (unpaired) electrons. The summed E-state index contributed by atoms with van der Waals surface area (Å²) in [7, 11) is 0. The number of nitrogens with zero attached hydrogens (tertiary/aromatic N) is 2. The largest absolute Gasteiger partial charge is 0.485 e. The molecule has 0 N–H and O–H groups in total. The standard InChI is InChI=1S/C27H28N2O/c1-17(2)21-16-22-20-12-8-9-13-23(20)30-26(22)24(18(3)4)25(21)29-15-14-28-27(29)19-10-6-5-7-11-19/h5-18,22,26H,1-4H3. The van der Waals surface area contributed by atoms with E-state index in [2.05, 4.69) is 93.1 Å². The fraction of sp³-hybridized carbons (Fsp3) is 0.296. The monoisotopic (exact) mass is 396 g/mol. The summed E-state index contributed by atoms with van der Waals surface area (Å²) in [6.45, 7) is 9.12. The Balaban J connectivity index is 1.74. The topological polar surface area (TPSA) is 27.1 Å². The van der Waals surface area contributed by atoms with Crippen LogP contribution in [0.1, 0.15) is 39.2 Å². The Kier molecular flexibility index (Phi) is 4.62. The quantitative estimate of drug-likeness (QED) is 0.499. The van der Waals surface area contributed by atoms with Crippen molar-refractivity contribution in [2.24, 2.45) is 11.8 Å². The lowest BCUT2D eigenvalue weighted by Crippen LogP contribution is -2.30. The van der Waals surface area contributed by atoms with E-state index in [0.717, 1.165) is 17.1 Å². The highest BCUT2D eigenvalue weighted by Crippen LogP contribution is 2.50. The summed E-state index contributed by atoms with van der Waals surface area (Å²) < 4.78 is 8.83. The van der Waals surface area contributed by atoms with E-state index in [1.807, 2.05) is 12.3 Å². The average Bonchev–Trinajstić information content (AvgIpc) is 3.37. The summed E-state index contributed by atoms with van der Waals surface area (Å²) in [6, 6.07) is 18.9. The van der Waals surface area contributed by atoms with Crippen molar-refractivity contribution in [3.63, 3.8) is 0 Å². The zero-order valence-corrected chi connectivity index (χ0v) is 18.0. The number of allylic oxidation sites excluding steroid dienone is 2. The van der Waals surface area contributed by atoms with Gasteiger partial charge in [0, 0.05) is 29.4 Å². The molecule has 0 spiro atoms. The number of aromatic nitrogens is 2. The summed E-state index contributed by atoms with van der Waals surface area (Å²) in [6.07, 6.45) is 6.48. The minimum absolute atomic E-state index is 0.0333. The lowest BCUT2D eigenvalue weighted by atomic mass is 9.76. The van der Waals surface area contributed by atoms with Crippen LogP contribution >= 0.6 is 0 Å². The second kappa shape index (κ2) is 7.32. The molecule has 2 atom stereocenters. The first-order chi connectivity index (χ1) is 14.6. The molecule has 0 bridgehead atoms. The molecule has 0 saturated carbocycles. The maximum atomic E-state index is 6.55. The predicted molar refractivity (Wildman–Crippen MR) is 122 cm³/mol. The SMILES string of the molecule is CC(C)C1=CC2c3ccccc3OC2C(C(C)C)=C1n1ccnc1-c1ccccc1. The van der Waals surface area contributed by atoms with Crippen LogP contribution in [0.15, 0.2) is 84.2 Å². The molecule has 3 aromatic rings. The fourth-order valence-corrected chi connectivity index (χ4v) is 4.88. The zero-order chi connectivity index (χ0) is 20.8. The molecule has 152 valence electrons. The molecule has 1 aliphatic heterocycles. The third-order valence-corrected chi connectivity index (χ3v) is 6.23. The molecule has 0 fully saturated rings. The van der Waals surface area contributed by atoms with Gasteiger partial charge >= 0.3 is 0 Å². The molecule has 2 aromatic carbocycles. The Labute approximate surface area is 178 Å². The molecule has 3 nitrogen and oxygen atoms in total. The van der Waals surface area contributed by atoms with E-state index in [1.54, 1.807) is 0 Å². The lowest BCUT2D eigenvalue weighted by Gasteiger charge is -2.34. The van der Waals surface area contributed by atoms with Gasteiger partial charge in [0.15, 0.2) is 0 Å². The first kappa shape index (κ1) is 18.9. The number of rotatable bonds is 4. The van der Waals surface area contributed by atoms with Crippen molar-refractivity contribution in [3.8, 4) is 17.1 Å². The van der Waals surface area contributed by atoms with Crippen LogP contribution in [0.3, 0.4) is 0 Å². The van der Waals surface area contributed by atoms with E-state index in [9.17, 15) is 0 Å². The normalized spacial score (nSPS) is 20.3. The van der Waals surface area contributed by atoms with Gasteiger partial charge in [0.25, 0.3) is 0 Å². The third kappa shape index (κ3) is 2.92. The van der Waals surface area contributed by atoms with Crippen LogP contribution in [0.4, 0.5) is 0 Å². The van der Waals surface area contributed by atoms with Gasteiger partial charge in [0.05, 0.1) is 5.70 Å². The number of hydrogen-bond donors (Lipinski definition) is 0. The first-order valence-corrected chi connectivity index (χ1v) is 10.9. The van der Waals surface area contributed by atoms with E-state index in [-0.39, 0.29) is 12.0 Å². The number of imidazole rings is 1. The molecule has 30 heavy (non-hydrogen) atoms. The van der Waals surface area contributed by atoms with Crippen LogP contribution in [0, 0.1) is 11.8 Å². The van der Waals surface area contributed by atoms with Gasteiger partial charge in [-0.3, -0.25) is 4.57 Å². The zero-order valence-electron chi connectivity index (χ0n) is 18.0. The summed E-state index contributed by atoms with van der Waals surface area (Å²) in [5.74, 6) is 3.01. The van der Waals surface area contributed by atoms with E-state index in [0.29, 0.717) is 11.8 Å². The molecule has 3 heteroatoms. The van der Waals surface area contributed by atoms with Gasteiger partial charge in [-0.15, -0.1) is 0 Å². The van der Waals surface area contributed by atoms with Crippen molar-refractivity contribution < 1.29 is 4.74 Å². The number of fused-ring (bicyclic) bond motifs is 3. The van der Waals surface area contributed by atoms with Gasteiger partial charge in [-0.2, -0.15) is 0 Å². The maximum Gasteiger partial charge on any atom is 0.144 e. The minimum Gasteiger partial charge on any atom is -0.485 e. The van der Waals surface area contributed by atoms with Crippen LogP contribution in [0.25, 0.3) is 17.1 Å². The molecule has 5 rings (SSSR count). The molecule has 0 amide bonds. The first-order valence-electron chi connectivity index (χ1n) is 10.9. The summed E-state index contributed by atoms with van der Waals surface area (Å²) in [5, 5.41) is 0. The number of ether oxygens (including phenoxy) is 1. The lowest BCUT2D eigenvalue weighted by molar-refractivity contribution is 0.242. The minimum atomic E-state index is 0.0333. The Hall–Kier alpha value is -3.07. The van der Waals surface area contributed by atoms with Crippen molar-refractivity contribution in [1.82, 2.24) is 9.55 Å². The fourth-order valence-electron chi connectivity index (χ4n) is 4.88. The third-order valence-electron chi connectivity index (χ3n) is 6.23. The molecular formula is C27H28N2O. The van der Waals surface area contributed by atoms with Crippen LogP contribution < -0.4 is 4.74 Å². The summed E-state index contributed by atoms with van der Waals surface area (Å²) in [5.41, 5.74) is 6.41. The summed E-state index contributed by atoms with van der Waals surface area (Å²) >= 11 is 0. The average molecular weight is 397 g/mol. The van der Waals surface area contributed by atoms with E-state index >= 15 is 0 Å². The predicted octanol–water partition coefficient (Wildman–Crippen LogP) is 6.56. The highest BCUT2D eigenvalue weighted by atomic mass is 16.5. The van der Waals surface area contributed by atoms with Crippen molar-refractivity contribution in [1.29, 1.82) is 0 Å². The Morgan fingerprint density at radius 2 is 1.63 bits per heavy atom. The number of para-hydroxylation sites is 1. The maximum absolute atomic E-state index is 6.55. The molecule has 2 unspecified atom stereocenters. The smallest absolute Gasteiger partial charge is 0.144 e. The number of hydrogen-bond acceptors (Lipinski definition) is 2. The Morgan fingerprint density at radius 3 is 2.37 bits per heavy atom. The van der Waals surface area contributed by atoms with E-state index < -0.39 is 0 Å². The van der Waals surface area contributed by atoms with Crippen LogP contribution in [-0.2, 0) is 0 Å². The van der Waals surface area contributed by atoms with E-state index in [4.69, 9.17) is 9.72 Å². The molecule has 1 aromatic heterocycles. The van der Waals surface area contributed by atoms with Gasteiger partial charge in [0.2, 0.25) is 0 Å². The van der Waals surface area contributed by atoms with Gasteiger partial charge < -0.3 is 4.74 Å². The van der Waals surface area contributed by atoms with Crippen molar-refractivity contribution >= 4 is 5.70 Å². The van der Waals surface area contributed by atoms with Crippen LogP contribution in [0.2, 0.25) is 0 Å². The second-order valence-corrected chi connectivity index (χ2v) is 8.82. The van der Waals surface area contributed by atoms with Gasteiger partial charge in [0.1, 0.15) is 17.7 Å².